The van der Waals surface area contributed by atoms with Gasteiger partial charge in [-0.05, 0) is 32.0 Å². The lowest BCUT2D eigenvalue weighted by molar-refractivity contribution is 0.0590. The van der Waals surface area contributed by atoms with Gasteiger partial charge < -0.3 is 14.2 Å². The summed E-state index contributed by atoms with van der Waals surface area (Å²) in [5, 5.41) is 9.50. The van der Waals surface area contributed by atoms with E-state index in [0.29, 0.717) is 17.1 Å². The molecule has 1 N–H and O–H groups in total. The molecule has 0 bridgehead atoms. The van der Waals surface area contributed by atoms with Crippen LogP contribution in [0.5, 0.6) is 11.5 Å². The molecule has 122 valence electrons. The van der Waals surface area contributed by atoms with Gasteiger partial charge in [0.15, 0.2) is 11.5 Å². The van der Waals surface area contributed by atoms with Crippen LogP contribution < -0.4 is 9.47 Å². The van der Waals surface area contributed by atoms with E-state index >= 15 is 0 Å². The van der Waals surface area contributed by atoms with Gasteiger partial charge in [-0.25, -0.2) is 4.79 Å². The number of H-pyrrole nitrogens is 1. The van der Waals surface area contributed by atoms with E-state index in [1.165, 1.54) is 14.2 Å². The predicted octanol–water partition coefficient (Wildman–Crippen LogP) is 1.62. The molecule has 0 aliphatic rings. The molecule has 0 radical (unpaired) electrons. The number of methoxy groups -OCH3 is 2. The average Bonchev–Trinajstić information content (AvgIpc) is 3.02. The Kier molecular flexibility index (Phi) is 4.95. The largest absolute Gasteiger partial charge is 0.493 e. The van der Waals surface area contributed by atoms with Crippen molar-refractivity contribution in [1.82, 2.24) is 15.4 Å². The lowest BCUT2D eigenvalue weighted by atomic mass is 10.1. The molecule has 8 heteroatoms. The third-order valence-corrected chi connectivity index (χ3v) is 2.94. The molecule has 0 saturated carbocycles. The van der Waals surface area contributed by atoms with Gasteiger partial charge in [0, 0.05) is 5.56 Å². The first-order valence-electron chi connectivity index (χ1n) is 6.86. The van der Waals surface area contributed by atoms with Gasteiger partial charge in [0.2, 0.25) is 11.5 Å². The Morgan fingerprint density at radius 1 is 1.17 bits per heavy atom. The van der Waals surface area contributed by atoms with Crippen LogP contribution in [-0.2, 0) is 4.74 Å². The molecule has 1 heterocycles. The molecule has 1 aromatic heterocycles. The number of carbonyl (C=O) groups excluding carboxylic acids is 2. The molecule has 23 heavy (non-hydrogen) atoms. The second kappa shape index (κ2) is 6.91. The lowest BCUT2D eigenvalue weighted by Crippen LogP contribution is -2.12. The van der Waals surface area contributed by atoms with Crippen molar-refractivity contribution >= 4 is 11.8 Å². The number of hydrogen-bond donors (Lipinski definition) is 1. The van der Waals surface area contributed by atoms with Crippen LogP contribution in [0.2, 0.25) is 0 Å². The highest BCUT2D eigenvalue weighted by Crippen LogP contribution is 2.30. The number of hydrogen-bond acceptors (Lipinski definition) is 7. The highest BCUT2D eigenvalue weighted by atomic mass is 16.5. The molecule has 0 fully saturated rings. The van der Waals surface area contributed by atoms with Crippen molar-refractivity contribution < 1.29 is 23.8 Å². The number of ether oxygens (including phenoxy) is 3. The fraction of sp³-hybridized carbons (Fsp3) is 0.333. The molecule has 0 spiro atoms. The van der Waals surface area contributed by atoms with E-state index in [-0.39, 0.29) is 17.5 Å². The van der Waals surface area contributed by atoms with Crippen LogP contribution in [0, 0.1) is 0 Å². The third kappa shape index (κ3) is 3.47. The van der Waals surface area contributed by atoms with E-state index < -0.39 is 11.8 Å². The van der Waals surface area contributed by atoms with E-state index in [2.05, 4.69) is 20.1 Å². The minimum absolute atomic E-state index is 0.0440. The molecule has 1 aromatic carbocycles. The summed E-state index contributed by atoms with van der Waals surface area (Å²) in [5.41, 5.74) is 0.0924. The number of carbonyl (C=O) groups is 2. The van der Waals surface area contributed by atoms with E-state index in [0.717, 1.165) is 0 Å². The average molecular weight is 319 g/mol. The van der Waals surface area contributed by atoms with Gasteiger partial charge in [-0.15, -0.1) is 5.10 Å². The maximum atomic E-state index is 12.6. The van der Waals surface area contributed by atoms with Crippen molar-refractivity contribution in [1.29, 1.82) is 0 Å². The molecule has 0 aliphatic heterocycles. The first-order chi connectivity index (χ1) is 11.0. The highest BCUT2D eigenvalue weighted by molar-refractivity contribution is 6.12. The second-order valence-electron chi connectivity index (χ2n) is 4.89. The van der Waals surface area contributed by atoms with Crippen LogP contribution in [0.3, 0.4) is 0 Å². The summed E-state index contributed by atoms with van der Waals surface area (Å²) >= 11 is 0. The van der Waals surface area contributed by atoms with Crippen LogP contribution in [-0.4, -0.2) is 47.5 Å². The van der Waals surface area contributed by atoms with Gasteiger partial charge in [0.05, 0.1) is 20.3 Å². The molecule has 0 unspecified atom stereocenters. The van der Waals surface area contributed by atoms with Gasteiger partial charge >= 0.3 is 5.97 Å². The number of nitrogens with zero attached hydrogens (tertiary/aromatic N) is 2. The topological polar surface area (TPSA) is 103 Å². The van der Waals surface area contributed by atoms with Crippen LogP contribution in [0.4, 0.5) is 0 Å². The van der Waals surface area contributed by atoms with Gasteiger partial charge in [-0.2, -0.15) is 0 Å². The van der Waals surface area contributed by atoms with Crippen molar-refractivity contribution in [2.75, 3.05) is 14.2 Å². The zero-order valence-electron chi connectivity index (χ0n) is 13.2. The zero-order chi connectivity index (χ0) is 17.0. The molecule has 2 rings (SSSR count). The maximum absolute atomic E-state index is 12.6. The van der Waals surface area contributed by atoms with E-state index in [1.54, 1.807) is 18.2 Å². The Hall–Kier alpha value is -2.90. The number of aromatic nitrogens is 3. The summed E-state index contributed by atoms with van der Waals surface area (Å²) < 4.78 is 15.4. The number of nitrogens with one attached hydrogen (secondary N) is 1. The molecule has 0 aliphatic carbocycles. The standard InChI is InChI=1S/C15H17N3O5/c1-8(2)23-11-7-9(5-6-10(11)21-3)14(19)12-13(15(20)22-4)17-18-16-12/h5-8H,1-4H3,(H,16,17,18). The Balaban J connectivity index is 2.40. The van der Waals surface area contributed by atoms with Crippen molar-refractivity contribution in [3.05, 3.63) is 35.2 Å². The number of esters is 1. The number of benzene rings is 1. The first-order valence-corrected chi connectivity index (χ1v) is 6.86. The zero-order valence-corrected chi connectivity index (χ0v) is 13.2. The van der Waals surface area contributed by atoms with Crippen molar-refractivity contribution in [3.63, 3.8) is 0 Å². The molecule has 8 nitrogen and oxygen atoms in total. The molecule has 0 saturated heterocycles. The summed E-state index contributed by atoms with van der Waals surface area (Å²) in [5.74, 6) is -0.257. The van der Waals surface area contributed by atoms with Crippen LogP contribution in [0.15, 0.2) is 18.2 Å². The molecular weight excluding hydrogens is 302 g/mol. The van der Waals surface area contributed by atoms with Crippen molar-refractivity contribution in [2.45, 2.75) is 20.0 Å². The Labute approximate surface area is 132 Å². The minimum Gasteiger partial charge on any atom is -0.493 e. The van der Waals surface area contributed by atoms with Crippen molar-refractivity contribution in [2.24, 2.45) is 0 Å². The third-order valence-electron chi connectivity index (χ3n) is 2.94. The number of rotatable bonds is 6. The Morgan fingerprint density at radius 2 is 1.91 bits per heavy atom. The summed E-state index contributed by atoms with van der Waals surface area (Å²) in [4.78, 5) is 24.2. The molecule has 0 amide bonds. The minimum atomic E-state index is -0.741. The predicted molar refractivity (Wildman–Crippen MR) is 79.9 cm³/mol. The Morgan fingerprint density at radius 3 is 2.52 bits per heavy atom. The van der Waals surface area contributed by atoms with Crippen LogP contribution >= 0.6 is 0 Å². The summed E-state index contributed by atoms with van der Waals surface area (Å²) in [6.07, 6.45) is -0.0892. The van der Waals surface area contributed by atoms with Gasteiger partial charge in [-0.3, -0.25) is 9.89 Å². The summed E-state index contributed by atoms with van der Waals surface area (Å²) in [6, 6.07) is 4.73. The van der Waals surface area contributed by atoms with Gasteiger partial charge in [0.25, 0.3) is 0 Å². The highest BCUT2D eigenvalue weighted by Gasteiger charge is 2.24. The maximum Gasteiger partial charge on any atom is 0.361 e. The van der Waals surface area contributed by atoms with Crippen LogP contribution in [0.25, 0.3) is 0 Å². The fourth-order valence-corrected chi connectivity index (χ4v) is 1.93. The summed E-state index contributed by atoms with van der Waals surface area (Å²) in [7, 11) is 2.71. The normalized spacial score (nSPS) is 10.5. The molecular formula is C15H17N3O5. The lowest BCUT2D eigenvalue weighted by Gasteiger charge is -2.14. The van der Waals surface area contributed by atoms with Crippen LogP contribution in [0.1, 0.15) is 40.4 Å². The van der Waals surface area contributed by atoms with E-state index in [9.17, 15) is 9.59 Å². The quantitative estimate of drug-likeness (QED) is 0.637. The number of aromatic amines is 1. The summed E-state index contributed by atoms with van der Waals surface area (Å²) in [6.45, 7) is 3.73. The monoisotopic (exact) mass is 319 g/mol. The SMILES string of the molecule is COC(=O)c1nn[nH]c1C(=O)c1ccc(OC)c(OC(C)C)c1. The van der Waals surface area contributed by atoms with Gasteiger partial charge in [0.1, 0.15) is 5.69 Å². The van der Waals surface area contributed by atoms with Crippen molar-refractivity contribution in [3.8, 4) is 11.5 Å². The van der Waals surface area contributed by atoms with Gasteiger partial charge in [-0.1, -0.05) is 5.21 Å². The second-order valence-corrected chi connectivity index (χ2v) is 4.89. The van der Waals surface area contributed by atoms with E-state index in [1.807, 2.05) is 13.8 Å². The fourth-order valence-electron chi connectivity index (χ4n) is 1.93. The smallest absolute Gasteiger partial charge is 0.361 e. The molecule has 2 aromatic rings. The molecule has 0 atom stereocenters. The first kappa shape index (κ1) is 16.5. The van der Waals surface area contributed by atoms with E-state index in [4.69, 9.17) is 9.47 Å². The Bertz CT molecular complexity index is 724. The number of ketones is 1.